The van der Waals surface area contributed by atoms with E-state index in [1.807, 2.05) is 0 Å². The zero-order valence-corrected chi connectivity index (χ0v) is 19.4. The predicted molar refractivity (Wildman–Crippen MR) is 129 cm³/mol. The van der Waals surface area contributed by atoms with E-state index in [1.165, 1.54) is 30.3 Å². The summed E-state index contributed by atoms with van der Waals surface area (Å²) in [4.78, 5) is 12.0. The first kappa shape index (κ1) is 23.9. The normalized spacial score (nSPS) is 12.0. The Kier molecular flexibility index (Phi) is 6.49. The maximum atomic E-state index is 12.8. The highest BCUT2D eigenvalue weighted by Crippen LogP contribution is 2.25. The van der Waals surface area contributed by atoms with E-state index in [-0.39, 0.29) is 16.2 Å². The second-order valence-corrected chi connectivity index (χ2v) is 10.3. The van der Waals surface area contributed by atoms with Gasteiger partial charge in [0, 0.05) is 23.1 Å². The molecule has 0 radical (unpaired) electrons. The molecule has 0 unspecified atom stereocenters. The highest BCUT2D eigenvalue weighted by atomic mass is 32.2. The fourth-order valence-corrected chi connectivity index (χ4v) is 5.24. The topological polar surface area (TPSA) is 145 Å². The Balaban J connectivity index is 1.58. The van der Waals surface area contributed by atoms with Crippen LogP contribution in [0.25, 0.3) is 10.8 Å². The van der Waals surface area contributed by atoms with Crippen LogP contribution in [0.3, 0.4) is 0 Å². The number of para-hydroxylation sites is 1. The maximum Gasteiger partial charge on any atom is 0.339 e. The van der Waals surface area contributed by atoms with Crippen LogP contribution in [-0.2, 0) is 20.1 Å². The predicted octanol–water partition coefficient (Wildman–Crippen LogP) is 3.83. The molecule has 0 aromatic heterocycles. The summed E-state index contributed by atoms with van der Waals surface area (Å²) in [6.07, 6.45) is 1.10. The monoisotopic (exact) mass is 511 g/mol. The molecule has 0 aliphatic carbocycles. The second-order valence-electron chi connectivity index (χ2n) is 7.16. The number of fused-ring (bicyclic) bond motifs is 1. The van der Waals surface area contributed by atoms with Gasteiger partial charge in [-0.3, -0.25) is 10.1 Å². The van der Waals surface area contributed by atoms with E-state index in [9.17, 15) is 26.9 Å². The molecule has 0 fully saturated rings. The van der Waals surface area contributed by atoms with Gasteiger partial charge in [0.25, 0.3) is 15.7 Å². The molecule has 0 saturated carbocycles. The molecule has 0 aliphatic rings. The number of hydrogen-bond donors (Lipinski definition) is 1. The molecule has 178 valence electrons. The number of nitrogens with zero attached hydrogens (tertiary/aromatic N) is 2. The van der Waals surface area contributed by atoms with Crippen LogP contribution in [0.2, 0.25) is 0 Å². The minimum absolute atomic E-state index is 0.0329. The number of non-ortho nitro benzene ring substituents is 1. The Bertz CT molecular complexity index is 1660. The Morgan fingerprint density at radius 3 is 2.34 bits per heavy atom. The number of nitro groups is 1. The van der Waals surface area contributed by atoms with Gasteiger partial charge in [0.2, 0.25) is 0 Å². The summed E-state index contributed by atoms with van der Waals surface area (Å²) in [6.45, 7) is 0. The highest BCUT2D eigenvalue weighted by Gasteiger charge is 2.21. The summed E-state index contributed by atoms with van der Waals surface area (Å²) >= 11 is 0. The first-order valence-corrected chi connectivity index (χ1v) is 12.9. The summed E-state index contributed by atoms with van der Waals surface area (Å²) < 4.78 is 56.1. The number of sulfonamides is 1. The minimum Gasteiger partial charge on any atom is -0.378 e. The maximum absolute atomic E-state index is 12.8. The number of nitrogens with one attached hydrogen (secondary N) is 1. The lowest BCUT2D eigenvalue weighted by molar-refractivity contribution is -0.385. The lowest BCUT2D eigenvalue weighted by atomic mass is 10.1. The minimum atomic E-state index is -4.42. The zero-order chi connectivity index (χ0) is 25.1. The smallest absolute Gasteiger partial charge is 0.339 e. The summed E-state index contributed by atoms with van der Waals surface area (Å²) in [5.41, 5.74) is -0.255. The van der Waals surface area contributed by atoms with Gasteiger partial charge in [-0.1, -0.05) is 54.6 Å². The van der Waals surface area contributed by atoms with Gasteiger partial charge >= 0.3 is 10.1 Å². The van der Waals surface area contributed by atoms with Crippen molar-refractivity contribution in [3.63, 3.8) is 0 Å². The summed E-state index contributed by atoms with van der Waals surface area (Å²) in [6, 6.07) is 22.1. The van der Waals surface area contributed by atoms with Crippen molar-refractivity contribution in [2.45, 2.75) is 9.79 Å². The Morgan fingerprint density at radius 1 is 0.857 bits per heavy atom. The van der Waals surface area contributed by atoms with Crippen LogP contribution in [0, 0.1) is 10.1 Å². The van der Waals surface area contributed by atoms with Gasteiger partial charge in [-0.2, -0.15) is 21.9 Å². The van der Waals surface area contributed by atoms with Crippen molar-refractivity contribution in [3.8, 4) is 5.75 Å². The molecule has 0 bridgehead atoms. The quantitative estimate of drug-likeness (QED) is 0.164. The number of benzene rings is 4. The van der Waals surface area contributed by atoms with Gasteiger partial charge in [-0.25, -0.2) is 4.83 Å². The lowest BCUT2D eigenvalue weighted by Crippen LogP contribution is -2.19. The first-order chi connectivity index (χ1) is 16.7. The van der Waals surface area contributed by atoms with Crippen LogP contribution in [0.1, 0.15) is 5.56 Å². The van der Waals surface area contributed by atoms with Crippen molar-refractivity contribution in [1.82, 2.24) is 4.83 Å². The molecular formula is C23H17N3O7S2. The molecule has 4 aromatic carbocycles. The summed E-state index contributed by atoms with van der Waals surface area (Å²) in [5.74, 6) is -0.146. The van der Waals surface area contributed by atoms with E-state index in [1.54, 1.807) is 42.5 Å². The van der Waals surface area contributed by atoms with Crippen molar-refractivity contribution in [3.05, 3.63) is 107 Å². The van der Waals surface area contributed by atoms with Crippen LogP contribution < -0.4 is 9.01 Å². The van der Waals surface area contributed by atoms with Crippen molar-refractivity contribution < 1.29 is 25.9 Å². The average molecular weight is 512 g/mol. The van der Waals surface area contributed by atoms with Crippen LogP contribution >= 0.6 is 0 Å². The SMILES string of the molecule is O=[N+]([O-])c1cccc(S(=O)(=O)Oc2ccccc2/C=N/NS(=O)(=O)c2cccc3ccccc23)c1. The van der Waals surface area contributed by atoms with Crippen LogP contribution in [0.15, 0.2) is 106 Å². The Hall–Kier alpha value is -4.29. The third-order valence-corrected chi connectivity index (χ3v) is 7.36. The van der Waals surface area contributed by atoms with E-state index < -0.39 is 35.6 Å². The number of rotatable bonds is 8. The van der Waals surface area contributed by atoms with E-state index in [4.69, 9.17) is 4.18 Å². The fraction of sp³-hybridized carbons (Fsp3) is 0. The summed E-state index contributed by atoms with van der Waals surface area (Å²) in [7, 11) is -8.45. The van der Waals surface area contributed by atoms with Gasteiger partial charge in [0.15, 0.2) is 5.75 Å². The molecule has 0 amide bonds. The largest absolute Gasteiger partial charge is 0.378 e. The van der Waals surface area contributed by atoms with Gasteiger partial charge in [0.1, 0.15) is 4.90 Å². The molecule has 10 nitrogen and oxygen atoms in total. The van der Waals surface area contributed by atoms with Gasteiger partial charge < -0.3 is 4.18 Å². The van der Waals surface area contributed by atoms with Crippen LogP contribution in [0.4, 0.5) is 5.69 Å². The molecule has 0 heterocycles. The van der Waals surface area contributed by atoms with Crippen molar-refractivity contribution in [2.75, 3.05) is 0 Å². The Labute approximate surface area is 200 Å². The molecule has 12 heteroatoms. The first-order valence-electron chi connectivity index (χ1n) is 9.98. The molecule has 0 saturated heterocycles. The van der Waals surface area contributed by atoms with E-state index >= 15 is 0 Å². The number of nitro benzene ring substituents is 1. The van der Waals surface area contributed by atoms with Crippen LogP contribution in [0.5, 0.6) is 5.75 Å². The molecule has 1 N–H and O–H groups in total. The van der Waals surface area contributed by atoms with Crippen LogP contribution in [-0.4, -0.2) is 28.0 Å². The zero-order valence-electron chi connectivity index (χ0n) is 17.8. The molecular weight excluding hydrogens is 494 g/mol. The average Bonchev–Trinajstić information content (AvgIpc) is 2.84. The van der Waals surface area contributed by atoms with E-state index in [0.717, 1.165) is 29.8 Å². The molecule has 4 aromatic rings. The number of hydrazone groups is 1. The highest BCUT2D eigenvalue weighted by molar-refractivity contribution is 7.89. The fourth-order valence-electron chi connectivity index (χ4n) is 3.23. The van der Waals surface area contributed by atoms with Crippen molar-refractivity contribution in [1.29, 1.82) is 0 Å². The molecule has 35 heavy (non-hydrogen) atoms. The molecule has 0 aliphatic heterocycles. The van der Waals surface area contributed by atoms with Gasteiger partial charge in [-0.05, 0) is 29.7 Å². The molecule has 0 spiro atoms. The second kappa shape index (κ2) is 9.52. The number of hydrogen-bond acceptors (Lipinski definition) is 8. The van der Waals surface area contributed by atoms with Crippen molar-refractivity contribution >= 4 is 42.8 Å². The lowest BCUT2D eigenvalue weighted by Gasteiger charge is -2.10. The Morgan fingerprint density at radius 2 is 1.54 bits per heavy atom. The third-order valence-electron chi connectivity index (χ3n) is 4.85. The third kappa shape index (κ3) is 5.28. The van der Waals surface area contributed by atoms with E-state index in [2.05, 4.69) is 9.93 Å². The van der Waals surface area contributed by atoms with Crippen molar-refractivity contribution in [2.24, 2.45) is 5.10 Å². The summed E-state index contributed by atoms with van der Waals surface area (Å²) in [5, 5.41) is 16.0. The van der Waals surface area contributed by atoms with Gasteiger partial charge in [0.05, 0.1) is 16.0 Å². The van der Waals surface area contributed by atoms with E-state index in [0.29, 0.717) is 5.39 Å². The molecule has 0 atom stereocenters. The standard InChI is InChI=1S/C23H17N3O7S2/c27-26(28)19-10-6-11-20(15-19)35(31,32)33-22-13-4-2-8-18(22)16-24-25-34(29,30)23-14-5-9-17-7-1-3-12-21(17)23/h1-16,25H/b24-16+. The van der Waals surface area contributed by atoms with Gasteiger partial charge in [-0.15, -0.1) is 0 Å². The molecule has 4 rings (SSSR count).